The van der Waals surface area contributed by atoms with Crippen LogP contribution in [0.3, 0.4) is 0 Å². The van der Waals surface area contributed by atoms with Gasteiger partial charge >= 0.3 is 0 Å². The minimum Gasteiger partial charge on any atom is -0.376 e. The first kappa shape index (κ1) is 21.0. The molecule has 23 heavy (non-hydrogen) atoms. The number of guanidine groups is 1. The van der Waals surface area contributed by atoms with Crippen LogP contribution in [0.1, 0.15) is 53.4 Å². The Labute approximate surface area is 158 Å². The van der Waals surface area contributed by atoms with Crippen molar-refractivity contribution < 1.29 is 9.47 Å². The Balaban J connectivity index is 0.00000264. The molecule has 2 aliphatic rings. The Morgan fingerprint density at radius 2 is 1.96 bits per heavy atom. The number of hydrogen-bond donors (Lipinski definition) is 1. The average Bonchev–Trinajstić information content (AvgIpc) is 2.96. The minimum atomic E-state index is -0.0504. The van der Waals surface area contributed by atoms with Gasteiger partial charge in [-0.2, -0.15) is 0 Å². The zero-order valence-corrected chi connectivity index (χ0v) is 17.5. The van der Waals surface area contributed by atoms with E-state index in [2.05, 4.69) is 37.9 Å². The lowest BCUT2D eigenvalue weighted by atomic mass is 10.1. The highest BCUT2D eigenvalue weighted by atomic mass is 127. The van der Waals surface area contributed by atoms with Crippen LogP contribution in [0.25, 0.3) is 0 Å². The minimum absolute atomic E-state index is 0. The summed E-state index contributed by atoms with van der Waals surface area (Å²) in [7, 11) is 0. The highest BCUT2D eigenvalue weighted by molar-refractivity contribution is 14.0. The standard InChI is InChI=1S/C17H33N3O2.HI/c1-5-18-16(19-13-15-7-6-12-21-15)20-10-8-14(9-11-20)22-17(2,3)4;/h14-15H,5-13H2,1-4H3,(H,18,19);1H. The van der Waals surface area contributed by atoms with E-state index in [-0.39, 0.29) is 29.6 Å². The molecule has 2 rings (SSSR count). The van der Waals surface area contributed by atoms with Crippen LogP contribution in [0, 0.1) is 0 Å². The molecule has 0 aromatic heterocycles. The predicted molar refractivity (Wildman–Crippen MR) is 106 cm³/mol. The smallest absolute Gasteiger partial charge is 0.194 e. The topological polar surface area (TPSA) is 46.1 Å². The van der Waals surface area contributed by atoms with Crippen molar-refractivity contribution in [1.29, 1.82) is 0 Å². The molecule has 2 saturated heterocycles. The van der Waals surface area contributed by atoms with E-state index in [9.17, 15) is 0 Å². The fraction of sp³-hybridized carbons (Fsp3) is 0.941. The quantitative estimate of drug-likeness (QED) is 0.416. The number of aliphatic imine (C=N–C) groups is 1. The molecule has 1 atom stereocenters. The second-order valence-electron chi connectivity index (χ2n) is 7.25. The second-order valence-corrected chi connectivity index (χ2v) is 7.25. The van der Waals surface area contributed by atoms with Crippen molar-refractivity contribution in [3.63, 3.8) is 0 Å². The largest absolute Gasteiger partial charge is 0.376 e. The fourth-order valence-electron chi connectivity index (χ4n) is 3.09. The number of ether oxygens (including phenoxy) is 2. The Bertz CT molecular complexity index is 357. The van der Waals surface area contributed by atoms with Gasteiger partial charge in [-0.3, -0.25) is 4.99 Å². The number of halogens is 1. The summed E-state index contributed by atoms with van der Waals surface area (Å²) in [5, 5.41) is 3.42. The van der Waals surface area contributed by atoms with Crippen molar-refractivity contribution in [1.82, 2.24) is 10.2 Å². The van der Waals surface area contributed by atoms with E-state index in [1.54, 1.807) is 0 Å². The van der Waals surface area contributed by atoms with E-state index in [0.29, 0.717) is 12.2 Å². The van der Waals surface area contributed by atoms with Crippen LogP contribution in [-0.2, 0) is 9.47 Å². The Kier molecular flexibility index (Phi) is 9.15. The Hall–Kier alpha value is -0.0800. The summed E-state index contributed by atoms with van der Waals surface area (Å²) in [6.07, 6.45) is 5.15. The van der Waals surface area contributed by atoms with E-state index < -0.39 is 0 Å². The maximum absolute atomic E-state index is 6.10. The van der Waals surface area contributed by atoms with E-state index in [1.165, 1.54) is 6.42 Å². The maximum Gasteiger partial charge on any atom is 0.194 e. The molecule has 0 radical (unpaired) electrons. The van der Waals surface area contributed by atoms with Crippen molar-refractivity contribution in [2.75, 3.05) is 32.8 Å². The molecule has 0 bridgehead atoms. The van der Waals surface area contributed by atoms with Crippen LogP contribution in [-0.4, -0.2) is 61.5 Å². The monoisotopic (exact) mass is 439 g/mol. The van der Waals surface area contributed by atoms with E-state index >= 15 is 0 Å². The summed E-state index contributed by atoms with van der Waals surface area (Å²) < 4.78 is 11.8. The molecule has 6 heteroatoms. The molecule has 0 aromatic carbocycles. The van der Waals surface area contributed by atoms with E-state index in [1.807, 2.05) is 0 Å². The molecule has 2 heterocycles. The molecule has 5 nitrogen and oxygen atoms in total. The van der Waals surface area contributed by atoms with E-state index in [4.69, 9.17) is 14.5 Å². The average molecular weight is 439 g/mol. The first-order valence-electron chi connectivity index (χ1n) is 8.80. The summed E-state index contributed by atoms with van der Waals surface area (Å²) in [6.45, 7) is 13.1. The molecule has 0 amide bonds. The molecule has 1 unspecified atom stereocenters. The number of piperidine rings is 1. The summed E-state index contributed by atoms with van der Waals surface area (Å²) in [5.74, 6) is 1.03. The van der Waals surface area contributed by atoms with Gasteiger partial charge in [-0.15, -0.1) is 24.0 Å². The van der Waals surface area contributed by atoms with Crippen molar-refractivity contribution in [3.05, 3.63) is 0 Å². The number of nitrogens with one attached hydrogen (secondary N) is 1. The lowest BCUT2D eigenvalue weighted by Gasteiger charge is -2.37. The number of hydrogen-bond acceptors (Lipinski definition) is 3. The van der Waals surface area contributed by atoms with Crippen molar-refractivity contribution >= 4 is 29.9 Å². The third kappa shape index (κ3) is 7.56. The first-order chi connectivity index (χ1) is 10.5. The van der Waals surface area contributed by atoms with Crippen LogP contribution in [0.2, 0.25) is 0 Å². The molecular formula is C17H34IN3O2. The number of likely N-dealkylation sites (tertiary alicyclic amines) is 1. The second kappa shape index (κ2) is 10.0. The van der Waals surface area contributed by atoms with Gasteiger partial charge in [-0.1, -0.05) is 0 Å². The highest BCUT2D eigenvalue weighted by Gasteiger charge is 2.26. The van der Waals surface area contributed by atoms with E-state index in [0.717, 1.165) is 58.0 Å². The van der Waals surface area contributed by atoms with Crippen molar-refractivity contribution in [2.45, 2.75) is 71.2 Å². The van der Waals surface area contributed by atoms with Gasteiger partial charge < -0.3 is 19.7 Å². The van der Waals surface area contributed by atoms with Gasteiger partial charge in [-0.05, 0) is 53.4 Å². The van der Waals surface area contributed by atoms with Gasteiger partial charge in [0.2, 0.25) is 0 Å². The summed E-state index contributed by atoms with van der Waals surface area (Å²) in [5.41, 5.74) is -0.0504. The molecule has 0 spiro atoms. The van der Waals surface area contributed by atoms with Gasteiger partial charge in [0.25, 0.3) is 0 Å². The number of nitrogens with zero attached hydrogens (tertiary/aromatic N) is 2. The molecule has 136 valence electrons. The molecule has 0 aliphatic carbocycles. The van der Waals surface area contributed by atoms with Gasteiger partial charge in [0, 0.05) is 26.2 Å². The fourth-order valence-corrected chi connectivity index (χ4v) is 3.09. The molecule has 2 fully saturated rings. The van der Waals surface area contributed by atoms with Crippen LogP contribution in [0.4, 0.5) is 0 Å². The third-order valence-corrected chi connectivity index (χ3v) is 4.07. The van der Waals surface area contributed by atoms with Crippen LogP contribution >= 0.6 is 24.0 Å². The van der Waals surface area contributed by atoms with Crippen LogP contribution in [0.5, 0.6) is 0 Å². The SMILES string of the molecule is CCNC(=NCC1CCCO1)N1CCC(OC(C)(C)C)CC1.I. The van der Waals surface area contributed by atoms with Gasteiger partial charge in [0.05, 0.1) is 24.4 Å². The summed E-state index contributed by atoms with van der Waals surface area (Å²) in [6, 6.07) is 0. The van der Waals surface area contributed by atoms with Gasteiger partial charge in [0.15, 0.2) is 5.96 Å². The van der Waals surface area contributed by atoms with Gasteiger partial charge in [0.1, 0.15) is 0 Å². The van der Waals surface area contributed by atoms with Crippen molar-refractivity contribution in [3.8, 4) is 0 Å². The predicted octanol–water partition coefficient (Wildman–Crippen LogP) is 3.03. The molecule has 0 saturated carbocycles. The lowest BCUT2D eigenvalue weighted by Crippen LogP contribution is -2.48. The van der Waals surface area contributed by atoms with Crippen LogP contribution in [0.15, 0.2) is 4.99 Å². The summed E-state index contributed by atoms with van der Waals surface area (Å²) in [4.78, 5) is 7.15. The Morgan fingerprint density at radius 1 is 1.26 bits per heavy atom. The molecule has 1 N–H and O–H groups in total. The molecule has 2 aliphatic heterocycles. The normalized spacial score (nSPS) is 23.7. The third-order valence-electron chi connectivity index (χ3n) is 4.07. The van der Waals surface area contributed by atoms with Crippen molar-refractivity contribution in [2.24, 2.45) is 4.99 Å². The van der Waals surface area contributed by atoms with Crippen LogP contribution < -0.4 is 5.32 Å². The molecular weight excluding hydrogens is 405 g/mol. The zero-order chi connectivity index (χ0) is 16.0. The number of rotatable bonds is 4. The Morgan fingerprint density at radius 3 is 2.48 bits per heavy atom. The molecule has 0 aromatic rings. The zero-order valence-electron chi connectivity index (χ0n) is 15.1. The lowest BCUT2D eigenvalue weighted by molar-refractivity contribution is -0.0773. The van der Waals surface area contributed by atoms with Gasteiger partial charge in [-0.25, -0.2) is 0 Å². The maximum atomic E-state index is 6.10. The summed E-state index contributed by atoms with van der Waals surface area (Å²) >= 11 is 0. The first-order valence-corrected chi connectivity index (χ1v) is 8.80. The highest BCUT2D eigenvalue weighted by Crippen LogP contribution is 2.20.